The minimum atomic E-state index is -0.292. The molecule has 0 bridgehead atoms. The van der Waals surface area contributed by atoms with E-state index in [-0.39, 0.29) is 12.1 Å². The van der Waals surface area contributed by atoms with E-state index >= 15 is 0 Å². The Hall–Kier alpha value is -2.86. The molecular formula is C19H17N3O2S. The maximum Gasteiger partial charge on any atom is 0.258 e. The van der Waals surface area contributed by atoms with E-state index in [0.29, 0.717) is 12.1 Å². The highest BCUT2D eigenvalue weighted by atomic mass is 32.1. The largest absolute Gasteiger partial charge is 0.497 e. The molecule has 0 fully saturated rings. The molecule has 0 spiro atoms. The number of aromatic nitrogens is 1. The summed E-state index contributed by atoms with van der Waals surface area (Å²) in [5.41, 5.74) is 2.33. The number of methoxy groups -OCH3 is 1. The van der Waals surface area contributed by atoms with Crippen LogP contribution in [0.3, 0.4) is 0 Å². The molecule has 4 rings (SSSR count). The van der Waals surface area contributed by atoms with Gasteiger partial charge in [-0.2, -0.15) is 0 Å². The van der Waals surface area contributed by atoms with Gasteiger partial charge in [0, 0.05) is 16.8 Å². The third-order valence-corrected chi connectivity index (χ3v) is 5.06. The number of ether oxygens (including phenoxy) is 1. The van der Waals surface area contributed by atoms with Crippen LogP contribution in [0.1, 0.15) is 27.1 Å². The number of hydrogen-bond donors (Lipinski definition) is 1. The maximum atomic E-state index is 12.9. The molecule has 3 heterocycles. The van der Waals surface area contributed by atoms with E-state index in [4.69, 9.17) is 4.74 Å². The monoisotopic (exact) mass is 351 g/mol. The van der Waals surface area contributed by atoms with Gasteiger partial charge < -0.3 is 15.0 Å². The highest BCUT2D eigenvalue weighted by Crippen LogP contribution is 2.34. The normalized spacial score (nSPS) is 16.0. The van der Waals surface area contributed by atoms with E-state index in [0.717, 1.165) is 22.0 Å². The molecule has 1 aliphatic rings. The molecule has 25 heavy (non-hydrogen) atoms. The van der Waals surface area contributed by atoms with Crippen LogP contribution in [0, 0.1) is 0 Å². The van der Waals surface area contributed by atoms with Gasteiger partial charge in [0.25, 0.3) is 5.91 Å². The molecule has 5 nitrogen and oxygen atoms in total. The lowest BCUT2D eigenvalue weighted by Crippen LogP contribution is -2.31. The summed E-state index contributed by atoms with van der Waals surface area (Å²) >= 11 is 1.65. The van der Waals surface area contributed by atoms with Gasteiger partial charge in [-0.25, -0.2) is 0 Å². The molecule has 1 aromatic carbocycles. The van der Waals surface area contributed by atoms with Gasteiger partial charge in [-0.15, -0.1) is 11.3 Å². The van der Waals surface area contributed by atoms with Gasteiger partial charge in [0.2, 0.25) is 0 Å². The molecule has 0 saturated heterocycles. The first kappa shape index (κ1) is 15.7. The van der Waals surface area contributed by atoms with Crippen LogP contribution >= 0.6 is 11.3 Å². The number of carbonyl (C=O) groups is 1. The summed E-state index contributed by atoms with van der Waals surface area (Å²) < 4.78 is 5.20. The average molecular weight is 351 g/mol. The summed E-state index contributed by atoms with van der Waals surface area (Å²) in [5, 5.41) is 5.45. The quantitative estimate of drug-likeness (QED) is 0.757. The summed E-state index contributed by atoms with van der Waals surface area (Å²) in [7, 11) is 1.64. The molecule has 1 N–H and O–H groups in total. The van der Waals surface area contributed by atoms with Crippen molar-refractivity contribution in [2.24, 2.45) is 0 Å². The predicted octanol–water partition coefficient (Wildman–Crippen LogP) is 3.92. The number of anilines is 1. The molecule has 0 saturated carbocycles. The SMILES string of the molecule is COc1ccc(N[C@@H]2c3ncccc3C(=O)N2Cc2cccs2)cc1. The molecule has 6 heteroatoms. The first-order chi connectivity index (χ1) is 12.3. The van der Waals surface area contributed by atoms with Gasteiger partial charge in [-0.1, -0.05) is 6.07 Å². The molecule has 1 atom stereocenters. The Morgan fingerprint density at radius 3 is 2.76 bits per heavy atom. The van der Waals surface area contributed by atoms with Crippen molar-refractivity contribution in [3.8, 4) is 5.75 Å². The number of carbonyl (C=O) groups excluding carboxylic acids is 1. The maximum absolute atomic E-state index is 12.9. The first-order valence-corrected chi connectivity index (χ1v) is 8.83. The lowest BCUT2D eigenvalue weighted by molar-refractivity contribution is 0.0729. The summed E-state index contributed by atoms with van der Waals surface area (Å²) in [6, 6.07) is 15.3. The minimum absolute atomic E-state index is 0.00233. The Bertz CT molecular complexity index is 878. The number of fused-ring (bicyclic) bond motifs is 1. The van der Waals surface area contributed by atoms with Crippen LogP contribution in [-0.2, 0) is 6.54 Å². The van der Waals surface area contributed by atoms with Gasteiger partial charge in [0.05, 0.1) is 24.9 Å². The zero-order valence-electron chi connectivity index (χ0n) is 13.7. The molecule has 1 aliphatic heterocycles. The van der Waals surface area contributed by atoms with Crippen LogP contribution in [0.4, 0.5) is 5.69 Å². The van der Waals surface area contributed by atoms with Gasteiger partial charge in [-0.05, 0) is 47.8 Å². The Labute approximate surface area is 149 Å². The Kier molecular flexibility index (Phi) is 4.11. The molecule has 2 aromatic heterocycles. The number of nitrogens with zero attached hydrogens (tertiary/aromatic N) is 2. The van der Waals surface area contributed by atoms with Crippen molar-refractivity contribution < 1.29 is 9.53 Å². The topological polar surface area (TPSA) is 54.5 Å². The molecule has 0 aliphatic carbocycles. The molecular weight excluding hydrogens is 334 g/mol. The van der Waals surface area contributed by atoms with Crippen LogP contribution in [-0.4, -0.2) is 22.9 Å². The number of pyridine rings is 1. The predicted molar refractivity (Wildman–Crippen MR) is 97.8 cm³/mol. The number of nitrogens with one attached hydrogen (secondary N) is 1. The molecule has 0 radical (unpaired) electrons. The lowest BCUT2D eigenvalue weighted by Gasteiger charge is -2.26. The van der Waals surface area contributed by atoms with E-state index in [9.17, 15) is 4.79 Å². The molecule has 3 aromatic rings. The van der Waals surface area contributed by atoms with Crippen LogP contribution in [0.15, 0.2) is 60.1 Å². The van der Waals surface area contributed by atoms with Crippen molar-refractivity contribution in [3.63, 3.8) is 0 Å². The van der Waals surface area contributed by atoms with E-state index in [1.807, 2.05) is 52.7 Å². The number of rotatable bonds is 5. The zero-order valence-corrected chi connectivity index (χ0v) is 14.5. The van der Waals surface area contributed by atoms with Crippen molar-refractivity contribution in [3.05, 3.63) is 76.2 Å². The van der Waals surface area contributed by atoms with Gasteiger partial charge >= 0.3 is 0 Å². The van der Waals surface area contributed by atoms with E-state index < -0.39 is 0 Å². The summed E-state index contributed by atoms with van der Waals surface area (Å²) in [5.74, 6) is 0.796. The zero-order chi connectivity index (χ0) is 17.2. The van der Waals surface area contributed by atoms with Crippen LogP contribution < -0.4 is 10.1 Å². The fraction of sp³-hybridized carbons (Fsp3) is 0.158. The van der Waals surface area contributed by atoms with Crippen LogP contribution in [0.2, 0.25) is 0 Å². The molecule has 1 amide bonds. The van der Waals surface area contributed by atoms with Crippen molar-refractivity contribution in [2.45, 2.75) is 12.7 Å². The van der Waals surface area contributed by atoms with Crippen molar-refractivity contribution in [1.29, 1.82) is 0 Å². The fourth-order valence-corrected chi connectivity index (χ4v) is 3.66. The van der Waals surface area contributed by atoms with Crippen molar-refractivity contribution >= 4 is 22.9 Å². The molecule has 0 unspecified atom stereocenters. The highest BCUT2D eigenvalue weighted by molar-refractivity contribution is 7.09. The number of amides is 1. The van der Waals surface area contributed by atoms with Crippen LogP contribution in [0.5, 0.6) is 5.75 Å². The third-order valence-electron chi connectivity index (χ3n) is 4.20. The Morgan fingerprint density at radius 1 is 1.20 bits per heavy atom. The van der Waals surface area contributed by atoms with Crippen molar-refractivity contribution in [1.82, 2.24) is 9.88 Å². The second-order valence-electron chi connectivity index (χ2n) is 5.72. The third kappa shape index (κ3) is 2.96. The molecule has 126 valence electrons. The number of benzene rings is 1. The average Bonchev–Trinajstić information content (AvgIpc) is 3.25. The highest BCUT2D eigenvalue weighted by Gasteiger charge is 2.37. The fourth-order valence-electron chi connectivity index (χ4n) is 2.96. The van der Waals surface area contributed by atoms with E-state index in [1.54, 1.807) is 30.7 Å². The standard InChI is InChI=1S/C19H17N3O2S/c1-24-14-8-6-13(7-9-14)21-18-17-16(5-2-10-20-17)19(23)22(18)12-15-4-3-11-25-15/h2-11,18,21H,12H2,1H3/t18-/m0/s1. The summed E-state index contributed by atoms with van der Waals surface area (Å²) in [6.45, 7) is 0.556. The van der Waals surface area contributed by atoms with Gasteiger partial charge in [-0.3, -0.25) is 9.78 Å². The lowest BCUT2D eigenvalue weighted by atomic mass is 10.2. The minimum Gasteiger partial charge on any atom is -0.497 e. The second-order valence-corrected chi connectivity index (χ2v) is 6.76. The smallest absolute Gasteiger partial charge is 0.258 e. The Balaban J connectivity index is 1.66. The van der Waals surface area contributed by atoms with Gasteiger partial charge in [0.15, 0.2) is 0 Å². The Morgan fingerprint density at radius 2 is 2.04 bits per heavy atom. The number of thiophene rings is 1. The summed E-state index contributed by atoms with van der Waals surface area (Å²) in [6.07, 6.45) is 1.43. The van der Waals surface area contributed by atoms with Crippen LogP contribution in [0.25, 0.3) is 0 Å². The van der Waals surface area contributed by atoms with E-state index in [2.05, 4.69) is 10.3 Å². The second kappa shape index (κ2) is 6.57. The van der Waals surface area contributed by atoms with Gasteiger partial charge in [0.1, 0.15) is 11.9 Å². The van der Waals surface area contributed by atoms with Crippen molar-refractivity contribution in [2.75, 3.05) is 12.4 Å². The first-order valence-electron chi connectivity index (χ1n) is 7.95. The number of hydrogen-bond acceptors (Lipinski definition) is 5. The summed E-state index contributed by atoms with van der Waals surface area (Å²) in [4.78, 5) is 20.3. The van der Waals surface area contributed by atoms with E-state index in [1.165, 1.54) is 0 Å².